The number of rotatable bonds is 8. The molecule has 0 aliphatic heterocycles. The molecule has 0 heterocycles. The predicted molar refractivity (Wildman–Crippen MR) is 137 cm³/mol. The molecular formula is C30H40O2. The van der Waals surface area contributed by atoms with Crippen molar-refractivity contribution in [1.82, 2.24) is 0 Å². The maximum atomic E-state index is 10.9. The van der Waals surface area contributed by atoms with Crippen LogP contribution in [0.1, 0.15) is 85.3 Å². The first-order chi connectivity index (χ1) is 15.0. The molecule has 0 aromatic heterocycles. The minimum atomic E-state index is -0.183. The summed E-state index contributed by atoms with van der Waals surface area (Å²) >= 11 is 0. The highest BCUT2D eigenvalue weighted by atomic mass is 16.5. The lowest BCUT2D eigenvalue weighted by Gasteiger charge is -2.26. The molecule has 0 aliphatic carbocycles. The fourth-order valence-corrected chi connectivity index (χ4v) is 4.47. The molecule has 3 aromatic carbocycles. The van der Waals surface area contributed by atoms with Gasteiger partial charge in [-0.3, -0.25) is 4.79 Å². The first-order valence-corrected chi connectivity index (χ1v) is 12.1. The molecule has 0 amide bonds. The number of fused-ring (bicyclic) bond motifs is 2. The van der Waals surface area contributed by atoms with Gasteiger partial charge < -0.3 is 4.74 Å². The van der Waals surface area contributed by atoms with Gasteiger partial charge in [0.05, 0.1) is 6.61 Å². The van der Waals surface area contributed by atoms with Crippen LogP contribution in [-0.2, 0) is 20.4 Å². The number of ether oxygens (including phenoxy) is 1. The van der Waals surface area contributed by atoms with Crippen molar-refractivity contribution in [2.24, 2.45) is 5.92 Å². The highest BCUT2D eigenvalue weighted by Crippen LogP contribution is 2.34. The lowest BCUT2D eigenvalue weighted by Crippen LogP contribution is -2.17. The third-order valence-corrected chi connectivity index (χ3v) is 6.86. The summed E-state index contributed by atoms with van der Waals surface area (Å²) in [6.45, 7) is 15.8. The van der Waals surface area contributed by atoms with E-state index in [1.165, 1.54) is 52.4 Å². The van der Waals surface area contributed by atoms with E-state index in [1.54, 1.807) is 0 Å². The van der Waals surface area contributed by atoms with Gasteiger partial charge in [-0.25, -0.2) is 0 Å². The normalized spacial score (nSPS) is 13.5. The second-order valence-electron chi connectivity index (χ2n) is 11.2. The van der Waals surface area contributed by atoms with E-state index in [0.717, 1.165) is 12.8 Å². The molecule has 2 heteroatoms. The van der Waals surface area contributed by atoms with Crippen LogP contribution in [0, 0.1) is 5.92 Å². The van der Waals surface area contributed by atoms with Crippen molar-refractivity contribution < 1.29 is 9.53 Å². The molecule has 32 heavy (non-hydrogen) atoms. The van der Waals surface area contributed by atoms with Crippen molar-refractivity contribution in [2.45, 2.75) is 85.0 Å². The molecule has 3 rings (SSSR count). The molecule has 1 atom stereocenters. The average molecular weight is 433 g/mol. The lowest BCUT2D eigenvalue weighted by molar-refractivity contribution is -0.141. The number of hydrogen-bond acceptors (Lipinski definition) is 2. The van der Waals surface area contributed by atoms with Gasteiger partial charge in [0.15, 0.2) is 0 Å². The summed E-state index contributed by atoms with van der Waals surface area (Å²) in [4.78, 5) is 10.9. The molecule has 0 saturated heterocycles. The Balaban J connectivity index is 1.72. The Morgan fingerprint density at radius 1 is 0.812 bits per heavy atom. The topological polar surface area (TPSA) is 26.3 Å². The van der Waals surface area contributed by atoms with Crippen LogP contribution in [0.25, 0.3) is 21.5 Å². The molecule has 0 spiro atoms. The Labute approximate surface area is 194 Å². The quantitative estimate of drug-likeness (QED) is 0.264. The first kappa shape index (κ1) is 24.3. The molecule has 1 unspecified atom stereocenters. The van der Waals surface area contributed by atoms with Crippen LogP contribution in [0.2, 0.25) is 0 Å². The Morgan fingerprint density at radius 2 is 1.38 bits per heavy atom. The zero-order valence-electron chi connectivity index (χ0n) is 21.0. The minimum absolute atomic E-state index is 0.134. The van der Waals surface area contributed by atoms with Gasteiger partial charge in [0, 0.05) is 6.92 Å². The summed E-state index contributed by atoms with van der Waals surface area (Å²) in [6.07, 6.45) is 4.44. The van der Waals surface area contributed by atoms with Gasteiger partial charge in [0.1, 0.15) is 0 Å². The Morgan fingerprint density at radius 3 is 1.94 bits per heavy atom. The summed E-state index contributed by atoms with van der Waals surface area (Å²) in [5.41, 5.74) is 3.08. The van der Waals surface area contributed by atoms with Crippen LogP contribution in [0.3, 0.4) is 0 Å². The van der Waals surface area contributed by atoms with Crippen LogP contribution in [-0.4, -0.2) is 12.6 Å². The fourth-order valence-electron chi connectivity index (χ4n) is 4.47. The number of carbonyl (C=O) groups excluding carboxylic acids is 1. The summed E-state index contributed by atoms with van der Waals surface area (Å²) < 4.78 is 5.08. The van der Waals surface area contributed by atoms with Crippen molar-refractivity contribution >= 4 is 27.5 Å². The molecule has 0 saturated carbocycles. The van der Waals surface area contributed by atoms with E-state index in [1.807, 2.05) is 0 Å². The van der Waals surface area contributed by atoms with E-state index in [0.29, 0.717) is 12.5 Å². The predicted octanol–water partition coefficient (Wildman–Crippen LogP) is 8.33. The van der Waals surface area contributed by atoms with E-state index in [9.17, 15) is 4.79 Å². The van der Waals surface area contributed by atoms with Crippen molar-refractivity contribution in [2.75, 3.05) is 6.61 Å². The summed E-state index contributed by atoms with van der Waals surface area (Å²) in [7, 11) is 0. The lowest BCUT2D eigenvalue weighted by atomic mass is 9.78. The number of hydrogen-bond donors (Lipinski definition) is 0. The molecular weight excluding hydrogens is 392 g/mol. The van der Waals surface area contributed by atoms with Crippen LogP contribution < -0.4 is 0 Å². The van der Waals surface area contributed by atoms with E-state index in [2.05, 4.69) is 90.1 Å². The number of esters is 1. The molecule has 0 fully saturated rings. The molecule has 3 aromatic rings. The highest BCUT2D eigenvalue weighted by molar-refractivity contribution is 5.98. The minimum Gasteiger partial charge on any atom is -0.466 e. The number of carbonyl (C=O) groups is 1. The van der Waals surface area contributed by atoms with Crippen LogP contribution >= 0.6 is 0 Å². The van der Waals surface area contributed by atoms with Crippen molar-refractivity contribution in [1.29, 1.82) is 0 Å². The van der Waals surface area contributed by atoms with Gasteiger partial charge >= 0.3 is 5.97 Å². The largest absolute Gasteiger partial charge is 0.466 e. The molecule has 0 bridgehead atoms. The van der Waals surface area contributed by atoms with Crippen molar-refractivity contribution in [3.05, 3.63) is 59.7 Å². The van der Waals surface area contributed by atoms with Crippen LogP contribution in [0.15, 0.2) is 48.5 Å². The zero-order valence-corrected chi connectivity index (χ0v) is 21.0. The van der Waals surface area contributed by atoms with E-state index in [-0.39, 0.29) is 16.8 Å². The Hall–Kier alpha value is -2.35. The standard InChI is InChI=1S/C30H40O2/c1-21(14-16-32-22(2)31)9-8-15-30(6,7)28-13-11-24-17-25-19-27(29(3,4)5)12-10-23(25)18-26(24)20-28/h10-13,17-21H,8-9,14-16H2,1-7H3. The smallest absolute Gasteiger partial charge is 0.302 e. The van der Waals surface area contributed by atoms with Gasteiger partial charge in [-0.2, -0.15) is 0 Å². The maximum absolute atomic E-state index is 10.9. The van der Waals surface area contributed by atoms with Gasteiger partial charge in [-0.15, -0.1) is 0 Å². The van der Waals surface area contributed by atoms with E-state index >= 15 is 0 Å². The molecule has 0 radical (unpaired) electrons. The second-order valence-corrected chi connectivity index (χ2v) is 11.2. The maximum Gasteiger partial charge on any atom is 0.302 e. The number of benzene rings is 3. The zero-order chi connectivity index (χ0) is 23.5. The van der Waals surface area contributed by atoms with Gasteiger partial charge in [0.25, 0.3) is 0 Å². The van der Waals surface area contributed by atoms with E-state index < -0.39 is 0 Å². The van der Waals surface area contributed by atoms with Crippen LogP contribution in [0.5, 0.6) is 0 Å². The molecule has 0 N–H and O–H groups in total. The van der Waals surface area contributed by atoms with Crippen LogP contribution in [0.4, 0.5) is 0 Å². The van der Waals surface area contributed by atoms with Crippen molar-refractivity contribution in [3.63, 3.8) is 0 Å². The first-order valence-electron chi connectivity index (χ1n) is 12.1. The van der Waals surface area contributed by atoms with Gasteiger partial charge in [-0.1, -0.05) is 90.8 Å². The van der Waals surface area contributed by atoms with Crippen molar-refractivity contribution in [3.8, 4) is 0 Å². The third-order valence-electron chi connectivity index (χ3n) is 6.86. The highest BCUT2D eigenvalue weighted by Gasteiger charge is 2.21. The summed E-state index contributed by atoms with van der Waals surface area (Å²) in [5, 5.41) is 5.25. The molecule has 0 aliphatic rings. The van der Waals surface area contributed by atoms with Gasteiger partial charge in [0.2, 0.25) is 0 Å². The SMILES string of the molecule is CC(=O)OCCC(C)CCCC(C)(C)c1ccc2cc3cc(C(C)(C)C)ccc3cc2c1. The van der Waals surface area contributed by atoms with E-state index in [4.69, 9.17) is 4.74 Å². The average Bonchev–Trinajstić information content (AvgIpc) is 2.70. The fraction of sp³-hybridized carbons (Fsp3) is 0.500. The summed E-state index contributed by atoms with van der Waals surface area (Å²) in [5.74, 6) is 0.392. The molecule has 172 valence electrons. The third kappa shape index (κ3) is 6.12. The Kier molecular flexibility index (Phi) is 7.32. The Bertz CT molecular complexity index is 1090. The van der Waals surface area contributed by atoms with Gasteiger partial charge in [-0.05, 0) is 74.4 Å². The summed E-state index contributed by atoms with van der Waals surface area (Å²) in [6, 6.07) is 18.5. The second kappa shape index (κ2) is 9.65. The monoisotopic (exact) mass is 432 g/mol. The molecule has 2 nitrogen and oxygen atoms in total.